The van der Waals surface area contributed by atoms with E-state index in [1.807, 2.05) is 0 Å². The molecule has 1 amide bonds. The molecule has 0 aliphatic heterocycles. The fourth-order valence-corrected chi connectivity index (χ4v) is 1.37. The van der Waals surface area contributed by atoms with Gasteiger partial charge in [0.2, 0.25) is 0 Å². The third kappa shape index (κ3) is 2.14. The standard InChI is InChI=1S/C10H9ClN4O/c11-7-5-6(1-2-8(7)12)10(16)14-9-3-4-13-15-9/h1-5H,12H2,(H2,13,14,15,16). The number of nitrogens with zero attached hydrogens (tertiary/aromatic N) is 1. The van der Waals surface area contributed by atoms with E-state index in [9.17, 15) is 4.79 Å². The van der Waals surface area contributed by atoms with Crippen LogP contribution in [0.4, 0.5) is 11.5 Å². The highest BCUT2D eigenvalue weighted by atomic mass is 35.5. The van der Waals surface area contributed by atoms with Gasteiger partial charge in [0, 0.05) is 11.6 Å². The van der Waals surface area contributed by atoms with Crippen molar-refractivity contribution >= 4 is 29.0 Å². The predicted molar refractivity (Wildman–Crippen MR) is 62.4 cm³/mol. The number of H-pyrrole nitrogens is 1. The number of nitrogen functional groups attached to an aromatic ring is 1. The van der Waals surface area contributed by atoms with Gasteiger partial charge in [-0.1, -0.05) is 11.6 Å². The first-order chi connectivity index (χ1) is 7.66. The summed E-state index contributed by atoms with van der Waals surface area (Å²) in [5.74, 6) is 0.254. The smallest absolute Gasteiger partial charge is 0.256 e. The van der Waals surface area contributed by atoms with Gasteiger partial charge in [-0.05, 0) is 18.2 Å². The molecule has 1 heterocycles. The number of aromatic amines is 1. The fourth-order valence-electron chi connectivity index (χ4n) is 1.19. The van der Waals surface area contributed by atoms with Crippen molar-refractivity contribution in [2.45, 2.75) is 0 Å². The Balaban J connectivity index is 2.18. The van der Waals surface area contributed by atoms with Crippen LogP contribution in [-0.4, -0.2) is 16.1 Å². The molecule has 0 bridgehead atoms. The first-order valence-corrected chi connectivity index (χ1v) is 4.90. The van der Waals surface area contributed by atoms with E-state index in [4.69, 9.17) is 17.3 Å². The van der Waals surface area contributed by atoms with Crippen LogP contribution in [0.5, 0.6) is 0 Å². The average Bonchev–Trinajstić information content (AvgIpc) is 2.74. The van der Waals surface area contributed by atoms with E-state index in [-0.39, 0.29) is 5.91 Å². The number of anilines is 2. The van der Waals surface area contributed by atoms with Gasteiger partial charge in [0.05, 0.1) is 16.9 Å². The summed E-state index contributed by atoms with van der Waals surface area (Å²) in [6, 6.07) is 6.36. The largest absolute Gasteiger partial charge is 0.398 e. The van der Waals surface area contributed by atoms with E-state index >= 15 is 0 Å². The number of amides is 1. The Morgan fingerprint density at radius 2 is 2.25 bits per heavy atom. The van der Waals surface area contributed by atoms with Crippen molar-refractivity contribution in [2.75, 3.05) is 11.1 Å². The Kier molecular flexibility index (Phi) is 2.78. The Morgan fingerprint density at radius 1 is 1.44 bits per heavy atom. The Labute approximate surface area is 96.6 Å². The summed E-state index contributed by atoms with van der Waals surface area (Å²) in [6.45, 7) is 0. The summed E-state index contributed by atoms with van der Waals surface area (Å²) < 4.78 is 0. The van der Waals surface area contributed by atoms with Gasteiger partial charge in [-0.15, -0.1) is 0 Å². The maximum atomic E-state index is 11.7. The fraction of sp³-hybridized carbons (Fsp3) is 0. The molecule has 0 saturated carbocycles. The third-order valence-corrected chi connectivity index (χ3v) is 2.34. The van der Waals surface area contributed by atoms with Crippen LogP contribution in [-0.2, 0) is 0 Å². The van der Waals surface area contributed by atoms with Crippen LogP contribution < -0.4 is 11.1 Å². The number of benzene rings is 1. The number of carbonyl (C=O) groups excluding carboxylic acids is 1. The number of hydrogen-bond acceptors (Lipinski definition) is 3. The molecule has 2 aromatic rings. The minimum absolute atomic E-state index is 0.272. The first kappa shape index (κ1) is 10.5. The molecule has 0 saturated heterocycles. The number of halogens is 1. The van der Waals surface area contributed by atoms with Crippen molar-refractivity contribution in [2.24, 2.45) is 0 Å². The quantitative estimate of drug-likeness (QED) is 0.697. The maximum absolute atomic E-state index is 11.7. The highest BCUT2D eigenvalue weighted by molar-refractivity contribution is 6.33. The zero-order valence-electron chi connectivity index (χ0n) is 8.20. The van der Waals surface area contributed by atoms with Crippen molar-refractivity contribution in [1.29, 1.82) is 0 Å². The van der Waals surface area contributed by atoms with Crippen molar-refractivity contribution in [3.63, 3.8) is 0 Å². The second-order valence-electron chi connectivity index (χ2n) is 3.16. The van der Waals surface area contributed by atoms with Crippen molar-refractivity contribution in [3.05, 3.63) is 41.0 Å². The Morgan fingerprint density at radius 3 is 2.88 bits per heavy atom. The molecule has 5 nitrogen and oxygen atoms in total. The molecule has 0 radical (unpaired) electrons. The van der Waals surface area contributed by atoms with Crippen LogP contribution in [0.15, 0.2) is 30.5 Å². The van der Waals surface area contributed by atoms with Gasteiger partial charge in [0.25, 0.3) is 5.91 Å². The second-order valence-corrected chi connectivity index (χ2v) is 3.57. The molecule has 0 aliphatic rings. The molecule has 0 unspecified atom stereocenters. The Bertz CT molecular complexity index is 510. The van der Waals surface area contributed by atoms with Gasteiger partial charge in [0.1, 0.15) is 5.82 Å². The van der Waals surface area contributed by atoms with Crippen LogP contribution in [0, 0.1) is 0 Å². The van der Waals surface area contributed by atoms with E-state index in [1.54, 1.807) is 24.4 Å². The highest BCUT2D eigenvalue weighted by Gasteiger charge is 2.08. The number of carbonyl (C=O) groups is 1. The monoisotopic (exact) mass is 236 g/mol. The molecule has 1 aromatic carbocycles. The van der Waals surface area contributed by atoms with E-state index in [1.165, 1.54) is 6.07 Å². The van der Waals surface area contributed by atoms with Crippen LogP contribution in [0.1, 0.15) is 10.4 Å². The van der Waals surface area contributed by atoms with Gasteiger partial charge in [-0.25, -0.2) is 0 Å². The summed E-state index contributed by atoms with van der Waals surface area (Å²) >= 11 is 5.81. The molecule has 82 valence electrons. The van der Waals surface area contributed by atoms with Gasteiger partial charge in [-0.2, -0.15) is 5.10 Å². The molecule has 16 heavy (non-hydrogen) atoms. The van der Waals surface area contributed by atoms with Crippen molar-refractivity contribution in [3.8, 4) is 0 Å². The molecule has 4 N–H and O–H groups in total. The van der Waals surface area contributed by atoms with E-state index in [0.29, 0.717) is 22.1 Å². The maximum Gasteiger partial charge on any atom is 0.256 e. The van der Waals surface area contributed by atoms with Gasteiger partial charge in [-0.3, -0.25) is 9.89 Å². The predicted octanol–water partition coefficient (Wildman–Crippen LogP) is 1.90. The highest BCUT2D eigenvalue weighted by Crippen LogP contribution is 2.20. The SMILES string of the molecule is Nc1ccc(C(=O)Nc2ccn[nH]2)cc1Cl. The lowest BCUT2D eigenvalue weighted by molar-refractivity contribution is 0.102. The molecule has 2 rings (SSSR count). The number of nitrogens with one attached hydrogen (secondary N) is 2. The molecule has 0 aliphatic carbocycles. The normalized spacial score (nSPS) is 10.1. The van der Waals surface area contributed by atoms with Crippen LogP contribution in [0.2, 0.25) is 5.02 Å². The van der Waals surface area contributed by atoms with Gasteiger partial charge < -0.3 is 11.1 Å². The number of aromatic nitrogens is 2. The van der Waals surface area contributed by atoms with Crippen molar-refractivity contribution < 1.29 is 4.79 Å². The lowest BCUT2D eigenvalue weighted by Crippen LogP contribution is -2.12. The van der Waals surface area contributed by atoms with Crippen LogP contribution in [0.25, 0.3) is 0 Å². The molecular weight excluding hydrogens is 228 g/mol. The summed E-state index contributed by atoms with van der Waals surface area (Å²) in [4.78, 5) is 11.7. The minimum atomic E-state index is -0.272. The van der Waals surface area contributed by atoms with E-state index in [0.717, 1.165) is 0 Å². The third-order valence-electron chi connectivity index (χ3n) is 2.01. The molecule has 6 heteroatoms. The molecular formula is C10H9ClN4O. The number of hydrogen-bond donors (Lipinski definition) is 3. The summed E-state index contributed by atoms with van der Waals surface area (Å²) in [7, 11) is 0. The van der Waals surface area contributed by atoms with E-state index < -0.39 is 0 Å². The summed E-state index contributed by atoms with van der Waals surface area (Å²) in [5.41, 5.74) is 6.43. The topological polar surface area (TPSA) is 83.8 Å². The van der Waals surface area contributed by atoms with Crippen LogP contribution in [0.3, 0.4) is 0 Å². The molecule has 0 atom stereocenters. The molecule has 1 aromatic heterocycles. The molecule has 0 spiro atoms. The average molecular weight is 237 g/mol. The zero-order chi connectivity index (χ0) is 11.5. The van der Waals surface area contributed by atoms with E-state index in [2.05, 4.69) is 15.5 Å². The first-order valence-electron chi connectivity index (χ1n) is 4.52. The van der Waals surface area contributed by atoms with Crippen LogP contribution >= 0.6 is 11.6 Å². The molecule has 0 fully saturated rings. The summed E-state index contributed by atoms with van der Waals surface area (Å²) in [5, 5.41) is 9.33. The second kappa shape index (κ2) is 4.24. The Hall–Kier alpha value is -2.01. The van der Waals surface area contributed by atoms with Gasteiger partial charge in [0.15, 0.2) is 0 Å². The lowest BCUT2D eigenvalue weighted by atomic mass is 10.2. The lowest BCUT2D eigenvalue weighted by Gasteiger charge is -2.04. The number of nitrogens with two attached hydrogens (primary N) is 1. The zero-order valence-corrected chi connectivity index (χ0v) is 8.95. The van der Waals surface area contributed by atoms with Crippen molar-refractivity contribution in [1.82, 2.24) is 10.2 Å². The summed E-state index contributed by atoms with van der Waals surface area (Å²) in [6.07, 6.45) is 1.55. The minimum Gasteiger partial charge on any atom is -0.398 e. The van der Waals surface area contributed by atoms with Gasteiger partial charge >= 0.3 is 0 Å². The number of rotatable bonds is 2.